The monoisotopic (exact) mass is 374 g/mol. The first-order valence-electron chi connectivity index (χ1n) is 8.20. The molecule has 0 radical (unpaired) electrons. The van der Waals surface area contributed by atoms with E-state index >= 15 is 0 Å². The fraction of sp³-hybridized carbons (Fsp3) is 0.0500. The number of benzene rings is 1. The Bertz CT molecular complexity index is 1130. The minimum atomic E-state index is -0.290. The molecule has 4 aromatic rings. The molecule has 27 heavy (non-hydrogen) atoms. The average Bonchev–Trinajstić information content (AvgIpc) is 3.39. The summed E-state index contributed by atoms with van der Waals surface area (Å²) in [6.45, 7) is 0.411. The van der Waals surface area contributed by atoms with Crippen LogP contribution in [0.2, 0.25) is 0 Å². The van der Waals surface area contributed by atoms with Gasteiger partial charge in [0, 0.05) is 5.39 Å². The van der Waals surface area contributed by atoms with Crippen LogP contribution < -0.4 is 10.6 Å². The summed E-state index contributed by atoms with van der Waals surface area (Å²) in [5.41, 5.74) is 1.58. The van der Waals surface area contributed by atoms with Crippen LogP contribution in [0.25, 0.3) is 10.9 Å². The molecule has 0 saturated carbocycles. The topological polar surface area (TPSA) is 91.0 Å². The lowest BCUT2D eigenvalue weighted by atomic mass is 10.1. The Hall–Kier alpha value is -3.63. The van der Waals surface area contributed by atoms with Crippen LogP contribution in [0.1, 0.15) is 21.0 Å². The summed E-state index contributed by atoms with van der Waals surface area (Å²) in [7, 11) is 0. The average molecular weight is 374 g/mol. The van der Waals surface area contributed by atoms with Gasteiger partial charge in [-0.3, -0.25) is 4.79 Å². The van der Waals surface area contributed by atoms with Gasteiger partial charge in [-0.15, -0.1) is 11.3 Å². The highest BCUT2D eigenvalue weighted by atomic mass is 32.1. The minimum absolute atomic E-state index is 0.233. The maximum absolute atomic E-state index is 12.4. The lowest BCUT2D eigenvalue weighted by Crippen LogP contribution is -2.14. The number of furan rings is 1. The Morgan fingerprint density at radius 3 is 2.81 bits per heavy atom. The third-order valence-corrected chi connectivity index (χ3v) is 4.87. The summed E-state index contributed by atoms with van der Waals surface area (Å²) < 4.78 is 5.36. The number of nitrogens with zero attached hydrogens (tertiary/aromatic N) is 2. The highest BCUT2D eigenvalue weighted by molar-refractivity contribution is 7.12. The number of nitriles is 1. The number of amides is 1. The highest BCUT2D eigenvalue weighted by Crippen LogP contribution is 2.31. The second kappa shape index (κ2) is 7.32. The van der Waals surface area contributed by atoms with E-state index in [4.69, 9.17) is 4.42 Å². The first-order chi connectivity index (χ1) is 13.3. The molecule has 3 heterocycles. The normalized spacial score (nSPS) is 10.5. The van der Waals surface area contributed by atoms with E-state index in [1.54, 1.807) is 24.5 Å². The number of pyridine rings is 1. The van der Waals surface area contributed by atoms with Crippen LogP contribution in [0.4, 0.5) is 11.5 Å². The zero-order valence-electron chi connectivity index (χ0n) is 14.1. The molecule has 1 aromatic carbocycles. The molecule has 1 amide bonds. The number of aromatic nitrogens is 1. The second-order valence-corrected chi connectivity index (χ2v) is 6.65. The summed E-state index contributed by atoms with van der Waals surface area (Å²) in [6, 6.07) is 16.8. The third kappa shape index (κ3) is 3.38. The number of rotatable bonds is 5. The number of carbonyl (C=O) groups excluding carboxylic acids is 1. The van der Waals surface area contributed by atoms with Gasteiger partial charge in [0.25, 0.3) is 5.91 Å². The van der Waals surface area contributed by atoms with Gasteiger partial charge in [0.05, 0.1) is 28.9 Å². The van der Waals surface area contributed by atoms with Gasteiger partial charge >= 0.3 is 0 Å². The third-order valence-electron chi connectivity index (χ3n) is 4.00. The Labute approximate surface area is 159 Å². The van der Waals surface area contributed by atoms with Crippen LogP contribution in [0.5, 0.6) is 0 Å². The van der Waals surface area contributed by atoms with Gasteiger partial charge in [-0.1, -0.05) is 24.3 Å². The molecule has 0 bridgehead atoms. The predicted octanol–water partition coefficient (Wildman–Crippen LogP) is 4.63. The highest BCUT2D eigenvalue weighted by Gasteiger charge is 2.18. The van der Waals surface area contributed by atoms with Crippen LogP contribution in [-0.4, -0.2) is 10.9 Å². The Kier molecular flexibility index (Phi) is 4.56. The van der Waals surface area contributed by atoms with Crippen molar-refractivity contribution in [3.8, 4) is 6.07 Å². The number of anilines is 2. The van der Waals surface area contributed by atoms with Crippen molar-refractivity contribution in [3.05, 3.63) is 76.4 Å². The lowest BCUT2D eigenvalue weighted by molar-refractivity contribution is 0.103. The van der Waals surface area contributed by atoms with Gasteiger partial charge in [0.1, 0.15) is 17.4 Å². The molecular formula is C20H14N4O2S. The van der Waals surface area contributed by atoms with Crippen molar-refractivity contribution in [1.29, 1.82) is 5.26 Å². The number of hydrogen-bond donors (Lipinski definition) is 2. The van der Waals surface area contributed by atoms with Gasteiger partial charge in [0.2, 0.25) is 0 Å². The molecular weight excluding hydrogens is 360 g/mol. The van der Waals surface area contributed by atoms with Crippen molar-refractivity contribution < 1.29 is 9.21 Å². The standard InChI is InChI=1S/C20H14N4O2S/c21-11-15-18(22-12-13-5-3-9-26-13)14-6-1-2-7-16(14)23-19(15)24-20(25)17-8-4-10-27-17/h1-10H,12H2,(H2,22,23,24,25). The van der Waals surface area contributed by atoms with Crippen molar-refractivity contribution in [2.45, 2.75) is 6.54 Å². The van der Waals surface area contributed by atoms with Gasteiger partial charge in [-0.25, -0.2) is 4.98 Å². The van der Waals surface area contributed by atoms with Gasteiger partial charge < -0.3 is 15.1 Å². The van der Waals surface area contributed by atoms with Crippen molar-refractivity contribution in [2.24, 2.45) is 0 Å². The Morgan fingerprint density at radius 1 is 1.19 bits per heavy atom. The molecule has 0 atom stereocenters. The number of thiophene rings is 1. The molecule has 0 spiro atoms. The Morgan fingerprint density at radius 2 is 2.07 bits per heavy atom. The smallest absolute Gasteiger partial charge is 0.266 e. The molecule has 132 valence electrons. The van der Waals surface area contributed by atoms with E-state index in [0.29, 0.717) is 22.6 Å². The van der Waals surface area contributed by atoms with E-state index in [1.807, 2.05) is 35.7 Å². The van der Waals surface area contributed by atoms with Gasteiger partial charge in [-0.05, 0) is 29.6 Å². The summed E-state index contributed by atoms with van der Waals surface area (Å²) in [5.74, 6) is 0.682. The van der Waals surface area contributed by atoms with Crippen LogP contribution in [-0.2, 0) is 6.54 Å². The maximum atomic E-state index is 12.4. The minimum Gasteiger partial charge on any atom is -0.467 e. The van der Waals surface area contributed by atoms with Crippen molar-refractivity contribution in [3.63, 3.8) is 0 Å². The van der Waals surface area contributed by atoms with E-state index < -0.39 is 0 Å². The molecule has 3 aromatic heterocycles. The molecule has 2 N–H and O–H groups in total. The number of carbonyl (C=O) groups is 1. The molecule has 0 unspecified atom stereocenters. The van der Waals surface area contributed by atoms with Gasteiger partial charge in [-0.2, -0.15) is 5.26 Å². The predicted molar refractivity (Wildman–Crippen MR) is 105 cm³/mol. The molecule has 0 fully saturated rings. The van der Waals surface area contributed by atoms with Crippen LogP contribution in [0.15, 0.2) is 64.6 Å². The van der Waals surface area contributed by atoms with E-state index in [0.717, 1.165) is 11.1 Å². The summed E-state index contributed by atoms with van der Waals surface area (Å²) in [4.78, 5) is 17.5. The molecule has 0 aliphatic rings. The van der Waals surface area contributed by atoms with E-state index in [-0.39, 0.29) is 17.3 Å². The quantitative estimate of drug-likeness (QED) is 0.532. The summed E-state index contributed by atoms with van der Waals surface area (Å²) in [6.07, 6.45) is 1.60. The molecule has 0 aliphatic carbocycles. The van der Waals surface area contributed by atoms with Crippen molar-refractivity contribution in [2.75, 3.05) is 10.6 Å². The lowest BCUT2D eigenvalue weighted by Gasteiger charge is -2.14. The molecule has 0 saturated heterocycles. The second-order valence-electron chi connectivity index (χ2n) is 5.70. The van der Waals surface area contributed by atoms with Gasteiger partial charge in [0.15, 0.2) is 5.82 Å². The summed E-state index contributed by atoms with van der Waals surface area (Å²) in [5, 5.41) is 18.4. The fourth-order valence-corrected chi connectivity index (χ4v) is 3.38. The molecule has 4 rings (SSSR count). The van der Waals surface area contributed by atoms with E-state index in [1.165, 1.54) is 11.3 Å². The van der Waals surface area contributed by atoms with Crippen LogP contribution in [0.3, 0.4) is 0 Å². The first kappa shape index (κ1) is 16.8. The molecule has 7 heteroatoms. The number of hydrogen-bond acceptors (Lipinski definition) is 6. The number of para-hydroxylation sites is 1. The van der Waals surface area contributed by atoms with Crippen molar-refractivity contribution in [1.82, 2.24) is 4.98 Å². The number of fused-ring (bicyclic) bond motifs is 1. The molecule has 0 aliphatic heterocycles. The van der Waals surface area contributed by atoms with Crippen molar-refractivity contribution >= 4 is 39.7 Å². The fourth-order valence-electron chi connectivity index (χ4n) is 2.76. The number of nitrogens with one attached hydrogen (secondary N) is 2. The summed E-state index contributed by atoms with van der Waals surface area (Å²) >= 11 is 1.33. The SMILES string of the molecule is N#Cc1c(NC(=O)c2cccs2)nc2ccccc2c1NCc1ccco1. The van der Waals surface area contributed by atoms with E-state index in [2.05, 4.69) is 21.7 Å². The van der Waals surface area contributed by atoms with E-state index in [9.17, 15) is 10.1 Å². The zero-order chi connectivity index (χ0) is 18.6. The van der Waals surface area contributed by atoms with Crippen LogP contribution >= 0.6 is 11.3 Å². The largest absolute Gasteiger partial charge is 0.467 e. The maximum Gasteiger partial charge on any atom is 0.266 e. The first-order valence-corrected chi connectivity index (χ1v) is 9.08. The zero-order valence-corrected chi connectivity index (χ0v) is 14.9. The Balaban J connectivity index is 1.77. The molecule has 6 nitrogen and oxygen atoms in total. The van der Waals surface area contributed by atoms with Crippen LogP contribution in [0, 0.1) is 11.3 Å².